The topological polar surface area (TPSA) is 237 Å². The van der Waals surface area contributed by atoms with Gasteiger partial charge in [-0.15, -0.1) is 0 Å². The van der Waals surface area contributed by atoms with Crippen molar-refractivity contribution in [2.24, 2.45) is 5.92 Å². The molecule has 0 spiro atoms. The van der Waals surface area contributed by atoms with Gasteiger partial charge in [-0.25, -0.2) is 9.13 Å². The van der Waals surface area contributed by atoms with E-state index in [1.807, 2.05) is 0 Å². The Bertz CT molecular complexity index is 1750. The second kappa shape index (κ2) is 65.4. The molecular formula is C72H140O17P2. The highest BCUT2D eigenvalue weighted by molar-refractivity contribution is 7.47. The lowest BCUT2D eigenvalue weighted by Gasteiger charge is -2.21. The van der Waals surface area contributed by atoms with Crippen LogP contribution in [0.25, 0.3) is 0 Å². The summed E-state index contributed by atoms with van der Waals surface area (Å²) in [6.07, 6.45) is 53.2. The first-order valence-electron chi connectivity index (χ1n) is 37.6. The van der Waals surface area contributed by atoms with Crippen molar-refractivity contribution in [1.29, 1.82) is 0 Å². The summed E-state index contributed by atoms with van der Waals surface area (Å²) in [5.74, 6) is -1.32. The molecular weight excluding hydrogens is 1200 g/mol. The van der Waals surface area contributed by atoms with Crippen molar-refractivity contribution in [1.82, 2.24) is 0 Å². The molecule has 91 heavy (non-hydrogen) atoms. The second-order valence-electron chi connectivity index (χ2n) is 26.5. The molecule has 540 valence electrons. The summed E-state index contributed by atoms with van der Waals surface area (Å²) in [4.78, 5) is 72.3. The number of unbranched alkanes of at least 4 members (excludes halogenated alkanes) is 44. The summed E-state index contributed by atoms with van der Waals surface area (Å²) < 4.78 is 68.1. The number of aliphatic hydroxyl groups excluding tert-OH is 1. The van der Waals surface area contributed by atoms with Crippen LogP contribution in [-0.2, 0) is 65.4 Å². The van der Waals surface area contributed by atoms with Gasteiger partial charge in [0, 0.05) is 25.7 Å². The first kappa shape index (κ1) is 89.1. The van der Waals surface area contributed by atoms with Crippen LogP contribution in [-0.4, -0.2) is 96.7 Å². The zero-order chi connectivity index (χ0) is 67.0. The molecule has 0 aromatic carbocycles. The molecule has 0 heterocycles. The Kier molecular flexibility index (Phi) is 64.0. The van der Waals surface area contributed by atoms with E-state index >= 15 is 0 Å². The average molecular weight is 1340 g/mol. The fraction of sp³-hybridized carbons (Fsp3) is 0.944. The number of hydrogen-bond acceptors (Lipinski definition) is 15. The number of ether oxygens (including phenoxy) is 4. The fourth-order valence-corrected chi connectivity index (χ4v) is 12.6. The lowest BCUT2D eigenvalue weighted by Crippen LogP contribution is -2.30. The molecule has 0 amide bonds. The summed E-state index contributed by atoms with van der Waals surface area (Å²) in [6, 6.07) is 0. The van der Waals surface area contributed by atoms with Crippen LogP contribution < -0.4 is 0 Å². The van der Waals surface area contributed by atoms with Gasteiger partial charge in [-0.3, -0.25) is 37.3 Å². The van der Waals surface area contributed by atoms with Crippen LogP contribution >= 0.6 is 15.6 Å². The van der Waals surface area contributed by atoms with Crippen molar-refractivity contribution in [2.75, 3.05) is 39.6 Å². The third-order valence-corrected chi connectivity index (χ3v) is 18.7. The molecule has 0 aliphatic heterocycles. The van der Waals surface area contributed by atoms with Gasteiger partial charge < -0.3 is 33.8 Å². The normalized spacial score (nSPS) is 14.0. The van der Waals surface area contributed by atoms with Crippen molar-refractivity contribution in [3.63, 3.8) is 0 Å². The minimum atomic E-state index is -4.95. The van der Waals surface area contributed by atoms with E-state index in [-0.39, 0.29) is 25.7 Å². The van der Waals surface area contributed by atoms with E-state index in [4.69, 9.17) is 37.0 Å². The van der Waals surface area contributed by atoms with Crippen LogP contribution in [0.1, 0.15) is 375 Å². The molecule has 2 unspecified atom stereocenters. The average Bonchev–Trinajstić information content (AvgIpc) is 3.67. The zero-order valence-electron chi connectivity index (χ0n) is 59.0. The first-order valence-corrected chi connectivity index (χ1v) is 40.6. The Morgan fingerprint density at radius 1 is 0.297 bits per heavy atom. The summed E-state index contributed by atoms with van der Waals surface area (Å²) >= 11 is 0. The summed E-state index contributed by atoms with van der Waals surface area (Å²) in [5.41, 5.74) is 0. The third kappa shape index (κ3) is 66.5. The van der Waals surface area contributed by atoms with E-state index in [1.54, 1.807) is 0 Å². The number of rotatable bonds is 72. The maximum atomic E-state index is 13.1. The highest BCUT2D eigenvalue weighted by atomic mass is 31.2. The minimum absolute atomic E-state index is 0.104. The van der Waals surface area contributed by atoms with Crippen molar-refractivity contribution < 1.29 is 80.2 Å². The van der Waals surface area contributed by atoms with Gasteiger partial charge in [-0.1, -0.05) is 324 Å². The maximum absolute atomic E-state index is 13.1. The van der Waals surface area contributed by atoms with Crippen LogP contribution in [0.5, 0.6) is 0 Å². The lowest BCUT2D eigenvalue weighted by atomic mass is 10.0. The van der Waals surface area contributed by atoms with Gasteiger partial charge in [0.2, 0.25) is 0 Å². The van der Waals surface area contributed by atoms with Crippen molar-refractivity contribution in [2.45, 2.75) is 393 Å². The van der Waals surface area contributed by atoms with Crippen LogP contribution in [0, 0.1) is 5.92 Å². The molecule has 0 bridgehead atoms. The van der Waals surface area contributed by atoms with E-state index in [9.17, 15) is 43.2 Å². The van der Waals surface area contributed by atoms with Crippen LogP contribution in [0.2, 0.25) is 0 Å². The number of aliphatic hydroxyl groups is 1. The van der Waals surface area contributed by atoms with Gasteiger partial charge in [-0.05, 0) is 31.6 Å². The van der Waals surface area contributed by atoms with Gasteiger partial charge in [0.1, 0.15) is 19.3 Å². The molecule has 0 aliphatic rings. The molecule has 17 nitrogen and oxygen atoms in total. The molecule has 0 rings (SSSR count). The minimum Gasteiger partial charge on any atom is -0.462 e. The second-order valence-corrected chi connectivity index (χ2v) is 29.4. The SMILES string of the molecule is CCCCCCCCCCCCCCCCCCCCCC(=O)O[C@H](COC(=O)CCCCCCCCCCCCCCCCCC(C)C)COP(=O)(O)OC[C@@H](O)COP(=O)(O)OC[C@@H](COC(=O)CCCCCCCCC)OC(=O)CCCCCCCCC. The molecule has 0 radical (unpaired) electrons. The molecule has 0 saturated carbocycles. The van der Waals surface area contributed by atoms with Crippen LogP contribution in [0.15, 0.2) is 0 Å². The number of hydrogen-bond donors (Lipinski definition) is 3. The zero-order valence-corrected chi connectivity index (χ0v) is 60.8. The summed E-state index contributed by atoms with van der Waals surface area (Å²) in [7, 11) is -9.89. The number of esters is 4. The van der Waals surface area contributed by atoms with Gasteiger partial charge in [0.05, 0.1) is 26.4 Å². The van der Waals surface area contributed by atoms with E-state index in [1.165, 1.54) is 173 Å². The smallest absolute Gasteiger partial charge is 0.462 e. The Balaban J connectivity index is 5.12. The predicted molar refractivity (Wildman–Crippen MR) is 368 cm³/mol. The standard InChI is InChI=1S/C72H140O17P2/c1-6-9-12-15-18-19-20-21-22-23-24-25-28-32-35-38-43-48-53-58-72(77)89-68(62-83-70(75)56-51-46-42-37-34-31-29-26-27-30-33-36-41-44-49-54-65(4)5)64-87-91(80,81)85-60-66(73)59-84-90(78,79)86-63-67(88-71(76)57-52-47-40-17-14-11-8-3)61-82-69(74)55-50-45-39-16-13-10-7-2/h65-68,73H,6-64H2,1-5H3,(H,78,79)(H,80,81)/t66-,67+,68+/m0/s1. The number of phosphoric acid groups is 2. The van der Waals surface area contributed by atoms with Crippen molar-refractivity contribution in [3.8, 4) is 0 Å². The highest BCUT2D eigenvalue weighted by Crippen LogP contribution is 2.45. The van der Waals surface area contributed by atoms with E-state index < -0.39 is 97.5 Å². The first-order chi connectivity index (χ1) is 44.0. The quantitative estimate of drug-likeness (QED) is 0.0222. The van der Waals surface area contributed by atoms with Gasteiger partial charge in [0.15, 0.2) is 12.2 Å². The van der Waals surface area contributed by atoms with E-state index in [0.29, 0.717) is 25.7 Å². The number of carbonyl (C=O) groups is 4. The highest BCUT2D eigenvalue weighted by Gasteiger charge is 2.30. The molecule has 0 aromatic heterocycles. The molecule has 0 aromatic rings. The van der Waals surface area contributed by atoms with Crippen LogP contribution in [0.3, 0.4) is 0 Å². The van der Waals surface area contributed by atoms with Gasteiger partial charge in [0.25, 0.3) is 0 Å². The lowest BCUT2D eigenvalue weighted by molar-refractivity contribution is -0.161. The molecule has 19 heteroatoms. The largest absolute Gasteiger partial charge is 0.472 e. The number of carbonyl (C=O) groups excluding carboxylic acids is 4. The maximum Gasteiger partial charge on any atom is 0.472 e. The van der Waals surface area contributed by atoms with Gasteiger partial charge in [-0.2, -0.15) is 0 Å². The van der Waals surface area contributed by atoms with Crippen molar-refractivity contribution in [3.05, 3.63) is 0 Å². The third-order valence-electron chi connectivity index (χ3n) is 16.8. The monoisotopic (exact) mass is 1340 g/mol. The molecule has 0 fully saturated rings. The molecule has 5 atom stereocenters. The Hall–Kier alpha value is -1.94. The summed E-state index contributed by atoms with van der Waals surface area (Å²) in [6.45, 7) is 7.20. The Morgan fingerprint density at radius 3 is 0.747 bits per heavy atom. The molecule has 0 aliphatic carbocycles. The molecule has 3 N–H and O–H groups in total. The molecule has 0 saturated heterocycles. The van der Waals surface area contributed by atoms with Crippen molar-refractivity contribution >= 4 is 39.5 Å². The fourth-order valence-electron chi connectivity index (χ4n) is 11.0. The van der Waals surface area contributed by atoms with Crippen LogP contribution in [0.4, 0.5) is 0 Å². The van der Waals surface area contributed by atoms with Gasteiger partial charge >= 0.3 is 39.5 Å². The summed E-state index contributed by atoms with van der Waals surface area (Å²) in [5, 5.41) is 10.6. The number of phosphoric ester groups is 2. The Labute approximate surface area is 556 Å². The van der Waals surface area contributed by atoms with E-state index in [2.05, 4.69) is 34.6 Å². The van der Waals surface area contributed by atoms with E-state index in [0.717, 1.165) is 121 Å². The predicted octanol–water partition coefficient (Wildman–Crippen LogP) is 20.9. The Morgan fingerprint density at radius 2 is 0.505 bits per heavy atom.